The number of hydrazone groups is 1. The summed E-state index contributed by atoms with van der Waals surface area (Å²) in [5.74, 6) is 1.37. The molecule has 0 saturated heterocycles. The van der Waals surface area contributed by atoms with E-state index in [9.17, 15) is 4.79 Å². The van der Waals surface area contributed by atoms with Gasteiger partial charge >= 0.3 is 0 Å². The fourth-order valence-electron chi connectivity index (χ4n) is 3.45. The maximum atomic E-state index is 12.6. The van der Waals surface area contributed by atoms with E-state index >= 15 is 0 Å². The summed E-state index contributed by atoms with van der Waals surface area (Å²) in [5.41, 5.74) is 5.62. The highest BCUT2D eigenvalue weighted by Crippen LogP contribution is 2.29. The molecule has 0 radical (unpaired) electrons. The number of hydrogen-bond donors (Lipinski definition) is 1. The number of rotatable bonds is 11. The number of ether oxygens (including phenoxy) is 3. The van der Waals surface area contributed by atoms with Crippen molar-refractivity contribution in [1.82, 2.24) is 5.43 Å². The second kappa shape index (κ2) is 13.5. The number of carbonyl (C=O) groups excluding carboxylic acids is 1. The highest BCUT2D eigenvalue weighted by molar-refractivity contribution is 6.35. The van der Waals surface area contributed by atoms with Gasteiger partial charge in [0.15, 0.2) is 11.5 Å². The molecule has 0 atom stereocenters. The van der Waals surface area contributed by atoms with Crippen LogP contribution in [-0.4, -0.2) is 18.7 Å². The van der Waals surface area contributed by atoms with Gasteiger partial charge in [0.2, 0.25) is 0 Å². The highest BCUT2D eigenvalue weighted by atomic mass is 35.5. The summed E-state index contributed by atoms with van der Waals surface area (Å²) in [6.07, 6.45) is 1.55. The Kier molecular flexibility index (Phi) is 9.62. The third-order valence-corrected chi connectivity index (χ3v) is 6.00. The van der Waals surface area contributed by atoms with Crippen LogP contribution in [0.1, 0.15) is 34.0 Å². The molecule has 4 aromatic rings. The van der Waals surface area contributed by atoms with Crippen LogP contribution in [-0.2, 0) is 13.2 Å². The quantitative estimate of drug-likeness (QED) is 0.157. The predicted octanol–water partition coefficient (Wildman–Crippen LogP) is 7.31. The number of halogens is 2. The lowest BCUT2D eigenvalue weighted by atomic mass is 10.2. The summed E-state index contributed by atoms with van der Waals surface area (Å²) in [7, 11) is 0. The van der Waals surface area contributed by atoms with E-state index in [1.54, 1.807) is 36.5 Å². The van der Waals surface area contributed by atoms with Crippen LogP contribution in [0.2, 0.25) is 10.0 Å². The number of nitrogens with zero attached hydrogens (tertiary/aromatic N) is 1. The first-order valence-corrected chi connectivity index (χ1v) is 12.7. The van der Waals surface area contributed by atoms with Gasteiger partial charge < -0.3 is 14.2 Å². The molecule has 0 unspecified atom stereocenters. The van der Waals surface area contributed by atoms with Gasteiger partial charge in [0.25, 0.3) is 5.91 Å². The van der Waals surface area contributed by atoms with Crippen LogP contribution in [0.25, 0.3) is 0 Å². The molecule has 6 nitrogen and oxygen atoms in total. The Morgan fingerprint density at radius 2 is 1.63 bits per heavy atom. The van der Waals surface area contributed by atoms with Crippen LogP contribution >= 0.6 is 23.2 Å². The van der Waals surface area contributed by atoms with Gasteiger partial charge in [-0.2, -0.15) is 5.10 Å². The van der Waals surface area contributed by atoms with E-state index in [4.69, 9.17) is 37.4 Å². The molecular formula is C30H26Cl2N2O4. The van der Waals surface area contributed by atoms with E-state index in [1.165, 1.54) is 0 Å². The van der Waals surface area contributed by atoms with E-state index in [0.29, 0.717) is 52.7 Å². The van der Waals surface area contributed by atoms with Crippen molar-refractivity contribution in [2.24, 2.45) is 5.10 Å². The minimum absolute atomic E-state index is 0.319. The standard InChI is InChI=1S/C30H26Cl2N2O4/c1-2-36-29-16-23(11-15-28(29)38-19-22-6-4-3-5-7-22)30(35)34-33-18-21-8-13-26(14-9-21)37-20-24-10-12-25(31)17-27(24)32/h3-18H,2,19-20H2,1H3,(H,34,35)/b33-18+. The molecule has 0 heterocycles. The Balaban J connectivity index is 1.31. The number of nitrogens with one attached hydrogen (secondary N) is 1. The van der Waals surface area contributed by atoms with E-state index in [-0.39, 0.29) is 5.91 Å². The van der Waals surface area contributed by atoms with Gasteiger partial charge in [-0.15, -0.1) is 0 Å². The second-order valence-corrected chi connectivity index (χ2v) is 9.01. The van der Waals surface area contributed by atoms with Crippen molar-refractivity contribution >= 4 is 35.3 Å². The van der Waals surface area contributed by atoms with Gasteiger partial charge in [-0.25, -0.2) is 5.43 Å². The Morgan fingerprint density at radius 1 is 0.842 bits per heavy atom. The van der Waals surface area contributed by atoms with Gasteiger partial charge in [-0.05, 0) is 72.6 Å². The molecule has 194 valence electrons. The summed E-state index contributed by atoms with van der Waals surface area (Å²) < 4.78 is 17.4. The second-order valence-electron chi connectivity index (χ2n) is 8.16. The molecule has 8 heteroatoms. The van der Waals surface area contributed by atoms with Crippen LogP contribution in [0.15, 0.2) is 96.1 Å². The SMILES string of the molecule is CCOc1cc(C(=O)N/N=C/c2ccc(OCc3ccc(Cl)cc3Cl)cc2)ccc1OCc1ccccc1. The van der Waals surface area contributed by atoms with Gasteiger partial charge in [0.05, 0.1) is 12.8 Å². The van der Waals surface area contributed by atoms with E-state index in [2.05, 4.69) is 10.5 Å². The lowest BCUT2D eigenvalue weighted by Crippen LogP contribution is -2.17. The molecule has 1 amide bonds. The summed E-state index contributed by atoms with van der Waals surface area (Å²) in [6.45, 7) is 3.04. The van der Waals surface area contributed by atoms with Crippen molar-refractivity contribution in [3.05, 3.63) is 123 Å². The van der Waals surface area contributed by atoms with Crippen molar-refractivity contribution in [2.45, 2.75) is 20.1 Å². The first-order valence-electron chi connectivity index (χ1n) is 12.0. The number of carbonyl (C=O) groups is 1. The fraction of sp³-hybridized carbons (Fsp3) is 0.133. The molecule has 1 N–H and O–H groups in total. The molecule has 0 aromatic heterocycles. The van der Waals surface area contributed by atoms with Crippen LogP contribution in [0.3, 0.4) is 0 Å². The van der Waals surface area contributed by atoms with Crippen molar-refractivity contribution in [3.8, 4) is 17.2 Å². The summed E-state index contributed by atoms with van der Waals surface area (Å²) >= 11 is 12.1. The Labute approximate surface area is 231 Å². The third-order valence-electron chi connectivity index (χ3n) is 5.41. The normalized spacial score (nSPS) is 10.8. The Bertz CT molecular complexity index is 1390. The van der Waals surface area contributed by atoms with E-state index < -0.39 is 0 Å². The van der Waals surface area contributed by atoms with Gasteiger partial charge in [-0.1, -0.05) is 59.6 Å². The minimum Gasteiger partial charge on any atom is -0.490 e. The summed E-state index contributed by atoms with van der Waals surface area (Å²) in [5, 5.41) is 5.20. The van der Waals surface area contributed by atoms with Crippen molar-refractivity contribution in [3.63, 3.8) is 0 Å². The van der Waals surface area contributed by atoms with E-state index in [0.717, 1.165) is 16.7 Å². The predicted molar refractivity (Wildman–Crippen MR) is 151 cm³/mol. The van der Waals surface area contributed by atoms with E-state index in [1.807, 2.05) is 67.6 Å². The van der Waals surface area contributed by atoms with Crippen LogP contribution in [0.5, 0.6) is 17.2 Å². The highest BCUT2D eigenvalue weighted by Gasteiger charge is 2.12. The van der Waals surface area contributed by atoms with Crippen molar-refractivity contribution < 1.29 is 19.0 Å². The monoisotopic (exact) mass is 548 g/mol. The zero-order valence-electron chi connectivity index (χ0n) is 20.7. The largest absolute Gasteiger partial charge is 0.490 e. The van der Waals surface area contributed by atoms with Gasteiger partial charge in [-0.3, -0.25) is 4.79 Å². The number of benzene rings is 4. The smallest absolute Gasteiger partial charge is 0.271 e. The molecular weight excluding hydrogens is 523 g/mol. The topological polar surface area (TPSA) is 69.2 Å². The first-order chi connectivity index (χ1) is 18.5. The molecule has 0 fully saturated rings. The Morgan fingerprint density at radius 3 is 2.37 bits per heavy atom. The zero-order chi connectivity index (χ0) is 26.7. The van der Waals surface area contributed by atoms with Crippen LogP contribution in [0.4, 0.5) is 0 Å². The van der Waals surface area contributed by atoms with Crippen molar-refractivity contribution in [1.29, 1.82) is 0 Å². The molecule has 0 saturated carbocycles. The minimum atomic E-state index is -0.364. The van der Waals surface area contributed by atoms with Crippen LogP contribution < -0.4 is 19.6 Å². The Hall–Kier alpha value is -4.00. The molecule has 0 spiro atoms. The maximum absolute atomic E-state index is 12.6. The lowest BCUT2D eigenvalue weighted by Gasteiger charge is -2.13. The zero-order valence-corrected chi connectivity index (χ0v) is 22.2. The average Bonchev–Trinajstić information content (AvgIpc) is 2.93. The van der Waals surface area contributed by atoms with Crippen molar-refractivity contribution in [2.75, 3.05) is 6.61 Å². The van der Waals surface area contributed by atoms with Gasteiger partial charge in [0.1, 0.15) is 19.0 Å². The maximum Gasteiger partial charge on any atom is 0.271 e. The third kappa shape index (κ3) is 7.75. The molecule has 0 aliphatic heterocycles. The fourth-order valence-corrected chi connectivity index (χ4v) is 3.92. The summed E-state index contributed by atoms with van der Waals surface area (Å²) in [4.78, 5) is 12.6. The molecule has 0 aliphatic carbocycles. The summed E-state index contributed by atoms with van der Waals surface area (Å²) in [6, 6.07) is 27.5. The molecule has 38 heavy (non-hydrogen) atoms. The average molecular weight is 549 g/mol. The lowest BCUT2D eigenvalue weighted by molar-refractivity contribution is 0.0954. The van der Waals surface area contributed by atoms with Gasteiger partial charge in [0, 0.05) is 21.2 Å². The molecule has 0 bridgehead atoms. The molecule has 4 rings (SSSR count). The molecule has 0 aliphatic rings. The number of hydrogen-bond acceptors (Lipinski definition) is 5. The number of amides is 1. The molecule has 4 aromatic carbocycles. The van der Waals surface area contributed by atoms with Crippen LogP contribution in [0, 0.1) is 0 Å². The first kappa shape index (κ1) is 27.0.